The normalized spacial score (nSPS) is 22.4. The Hall–Kier alpha value is -3.18. The highest BCUT2D eigenvalue weighted by molar-refractivity contribution is 6.33. The number of halogens is 1. The van der Waals surface area contributed by atoms with E-state index >= 15 is 0 Å². The molecule has 4 bridgehead atoms. The van der Waals surface area contributed by atoms with Crippen LogP contribution in [0.2, 0.25) is 5.02 Å². The summed E-state index contributed by atoms with van der Waals surface area (Å²) in [6.07, 6.45) is 1.89. The molecule has 40 heavy (non-hydrogen) atoms. The van der Waals surface area contributed by atoms with Crippen LogP contribution in [0.25, 0.3) is 0 Å². The summed E-state index contributed by atoms with van der Waals surface area (Å²) >= 11 is 6.65. The van der Waals surface area contributed by atoms with Gasteiger partial charge in [-0.3, -0.25) is 14.5 Å². The zero-order chi connectivity index (χ0) is 28.5. The molecule has 2 aromatic carbocycles. The van der Waals surface area contributed by atoms with E-state index in [1.54, 1.807) is 0 Å². The minimum Gasteiger partial charge on any atom is -0.502 e. The number of rotatable bonds is 8. The smallest absolute Gasteiger partial charge is 0.344 e. The first-order chi connectivity index (χ1) is 19.1. The number of fused-ring (bicyclic) bond motifs is 3. The predicted octanol–water partition coefficient (Wildman–Crippen LogP) is 3.55. The second kappa shape index (κ2) is 11.4. The van der Waals surface area contributed by atoms with E-state index in [-0.39, 0.29) is 28.3 Å². The number of nitrogens with zero attached hydrogens (tertiary/aromatic N) is 1. The van der Waals surface area contributed by atoms with Crippen LogP contribution in [0.1, 0.15) is 50.2 Å². The van der Waals surface area contributed by atoms with Crippen molar-refractivity contribution < 1.29 is 43.5 Å². The number of aryl methyl sites for hydroxylation is 1. The monoisotopic (exact) mass is 573 g/mol. The molecule has 2 aromatic rings. The SMILES string of the molecule is CCOCC1(CCc2ccccc2)CCN(Cc2c(Cl)c3c4c(O)c2OC(=O)CC(O)(CC(=O)O4)C(=O)O3)CC1. The summed E-state index contributed by atoms with van der Waals surface area (Å²) in [6, 6.07) is 10.3. The van der Waals surface area contributed by atoms with Crippen molar-refractivity contribution >= 4 is 29.5 Å². The summed E-state index contributed by atoms with van der Waals surface area (Å²) < 4.78 is 21.8. The molecule has 5 heterocycles. The zero-order valence-corrected chi connectivity index (χ0v) is 23.0. The molecule has 1 fully saturated rings. The molecule has 1 atom stereocenters. The number of ether oxygens (including phenoxy) is 4. The maximum Gasteiger partial charge on any atom is 0.344 e. The molecular weight excluding hydrogens is 542 g/mol. The van der Waals surface area contributed by atoms with Gasteiger partial charge in [0, 0.05) is 18.7 Å². The summed E-state index contributed by atoms with van der Waals surface area (Å²) in [6.45, 7) is 4.79. The number of likely N-dealkylation sites (tertiary alicyclic amines) is 1. The first kappa shape index (κ1) is 28.4. The molecule has 1 saturated heterocycles. The molecule has 2 N–H and O–H groups in total. The van der Waals surface area contributed by atoms with E-state index < -0.39 is 53.6 Å². The maximum absolute atomic E-state index is 12.8. The van der Waals surface area contributed by atoms with E-state index in [4.69, 9.17) is 30.5 Å². The molecule has 0 spiro atoms. The third-order valence-corrected chi connectivity index (χ3v) is 8.35. The quantitative estimate of drug-likeness (QED) is 0.357. The van der Waals surface area contributed by atoms with Crippen molar-refractivity contribution in [2.75, 3.05) is 26.3 Å². The number of phenolic OH excluding ortho intramolecular Hbond substituents is 1. The van der Waals surface area contributed by atoms with Crippen molar-refractivity contribution in [2.24, 2.45) is 5.41 Å². The molecule has 5 aliphatic heterocycles. The van der Waals surface area contributed by atoms with Crippen LogP contribution in [0.3, 0.4) is 0 Å². The Morgan fingerprint density at radius 2 is 1.62 bits per heavy atom. The van der Waals surface area contributed by atoms with Crippen LogP contribution in [0.5, 0.6) is 23.0 Å². The van der Waals surface area contributed by atoms with Crippen molar-refractivity contribution in [3.63, 3.8) is 0 Å². The number of carbonyl (C=O) groups excluding carboxylic acids is 3. The molecule has 0 aliphatic carbocycles. The fraction of sp³-hybridized carbons (Fsp3) is 0.483. The number of hydrogen-bond donors (Lipinski definition) is 2. The molecule has 0 saturated carbocycles. The fourth-order valence-electron chi connectivity index (χ4n) is 5.55. The molecule has 214 valence electrons. The van der Waals surface area contributed by atoms with Gasteiger partial charge in [-0.25, -0.2) is 4.79 Å². The number of carbonyl (C=O) groups is 3. The zero-order valence-electron chi connectivity index (χ0n) is 22.2. The molecule has 7 rings (SSSR count). The number of esters is 3. The van der Waals surface area contributed by atoms with Crippen molar-refractivity contribution in [1.82, 2.24) is 4.90 Å². The minimum atomic E-state index is -2.49. The Morgan fingerprint density at radius 3 is 2.27 bits per heavy atom. The molecule has 0 aromatic heterocycles. The third-order valence-electron chi connectivity index (χ3n) is 7.95. The Morgan fingerprint density at radius 1 is 0.975 bits per heavy atom. The standard InChI is InChI=1S/C29H32ClNO9/c1-2-37-17-28(9-8-18-6-4-3-5-7-18)10-12-31(13-11-28)16-19-22(30)25-26-23(34)24(19)38-20(32)14-29(36,27(35)40-25)15-21(33)39-26/h3-7,34,36H,2,8-17H2,1H3. The average Bonchev–Trinajstić information content (AvgIpc) is 2.93. The van der Waals surface area contributed by atoms with Crippen molar-refractivity contribution in [1.29, 1.82) is 0 Å². The first-order valence-electron chi connectivity index (χ1n) is 13.4. The van der Waals surface area contributed by atoms with Gasteiger partial charge in [-0.15, -0.1) is 0 Å². The Balaban J connectivity index is 1.40. The van der Waals surface area contributed by atoms with Crippen LogP contribution in [-0.4, -0.2) is 64.9 Å². The van der Waals surface area contributed by atoms with Gasteiger partial charge in [0.1, 0.15) is 0 Å². The van der Waals surface area contributed by atoms with Gasteiger partial charge in [-0.05, 0) is 56.7 Å². The van der Waals surface area contributed by atoms with E-state index in [9.17, 15) is 24.6 Å². The van der Waals surface area contributed by atoms with Gasteiger partial charge >= 0.3 is 17.9 Å². The molecule has 10 nitrogen and oxygen atoms in total. The number of phenols is 1. The molecule has 11 heteroatoms. The Kier molecular flexibility index (Phi) is 8.05. The maximum atomic E-state index is 12.8. The van der Waals surface area contributed by atoms with Crippen LogP contribution in [0.15, 0.2) is 30.3 Å². The summed E-state index contributed by atoms with van der Waals surface area (Å²) in [7, 11) is 0. The second-order valence-electron chi connectivity index (χ2n) is 10.8. The Labute approximate surface area is 236 Å². The lowest BCUT2D eigenvalue weighted by Gasteiger charge is -2.42. The van der Waals surface area contributed by atoms with Crippen molar-refractivity contribution in [3.05, 3.63) is 46.5 Å². The van der Waals surface area contributed by atoms with E-state index in [0.717, 1.165) is 25.7 Å². The topological polar surface area (TPSA) is 132 Å². The average molecular weight is 574 g/mol. The number of piperidine rings is 1. The van der Waals surface area contributed by atoms with Gasteiger partial charge in [0.2, 0.25) is 11.5 Å². The fourth-order valence-corrected chi connectivity index (χ4v) is 5.82. The highest BCUT2D eigenvalue weighted by Gasteiger charge is 2.48. The van der Waals surface area contributed by atoms with Crippen molar-refractivity contribution in [3.8, 4) is 23.0 Å². The molecule has 0 amide bonds. The summed E-state index contributed by atoms with van der Waals surface area (Å²) in [5.74, 6) is -5.23. The van der Waals surface area contributed by atoms with E-state index in [2.05, 4.69) is 17.0 Å². The minimum absolute atomic E-state index is 0.00930. The summed E-state index contributed by atoms with van der Waals surface area (Å²) in [5.41, 5.74) is -1.01. The van der Waals surface area contributed by atoms with E-state index in [1.807, 2.05) is 25.1 Å². The van der Waals surface area contributed by atoms with Gasteiger partial charge in [0.15, 0.2) is 17.1 Å². The molecule has 5 aliphatic rings. The lowest BCUT2D eigenvalue weighted by molar-refractivity contribution is -0.169. The number of aliphatic hydroxyl groups is 1. The van der Waals surface area contributed by atoms with E-state index in [1.165, 1.54) is 5.56 Å². The molecule has 0 radical (unpaired) electrons. The predicted molar refractivity (Wildman–Crippen MR) is 142 cm³/mol. The highest BCUT2D eigenvalue weighted by Crippen LogP contribution is 2.54. The largest absolute Gasteiger partial charge is 0.502 e. The van der Waals surface area contributed by atoms with Crippen LogP contribution < -0.4 is 14.2 Å². The van der Waals surface area contributed by atoms with Crippen LogP contribution in [0, 0.1) is 5.41 Å². The van der Waals surface area contributed by atoms with Gasteiger partial charge in [-0.1, -0.05) is 41.9 Å². The van der Waals surface area contributed by atoms with Gasteiger partial charge in [-0.2, -0.15) is 0 Å². The van der Waals surface area contributed by atoms with Crippen LogP contribution >= 0.6 is 11.6 Å². The molecule has 1 unspecified atom stereocenters. The van der Waals surface area contributed by atoms with E-state index in [0.29, 0.717) is 26.3 Å². The molecular formula is C29H32ClNO9. The summed E-state index contributed by atoms with van der Waals surface area (Å²) in [4.78, 5) is 40.0. The Bertz CT molecular complexity index is 1310. The first-order valence-corrected chi connectivity index (χ1v) is 13.8. The van der Waals surface area contributed by atoms with Gasteiger partial charge in [0.25, 0.3) is 0 Å². The third kappa shape index (κ3) is 5.67. The summed E-state index contributed by atoms with van der Waals surface area (Å²) in [5, 5.41) is 21.5. The second-order valence-corrected chi connectivity index (χ2v) is 11.1. The van der Waals surface area contributed by atoms with Gasteiger partial charge < -0.3 is 29.2 Å². The number of benzene rings is 2. The van der Waals surface area contributed by atoms with Crippen molar-refractivity contribution in [2.45, 2.75) is 57.6 Å². The van der Waals surface area contributed by atoms with Crippen LogP contribution in [0.4, 0.5) is 0 Å². The van der Waals surface area contributed by atoms with Gasteiger partial charge in [0.05, 0.1) is 24.5 Å². The number of aromatic hydroxyl groups is 1. The van der Waals surface area contributed by atoms with Crippen LogP contribution in [-0.2, 0) is 32.1 Å². The lowest BCUT2D eigenvalue weighted by Crippen LogP contribution is -2.48. The highest BCUT2D eigenvalue weighted by atomic mass is 35.5. The lowest BCUT2D eigenvalue weighted by atomic mass is 9.74. The number of hydrogen-bond acceptors (Lipinski definition) is 10.